The number of fused-ring (bicyclic) bond motifs is 1. The Labute approximate surface area is 180 Å². The van der Waals surface area contributed by atoms with Crippen LogP contribution in [-0.2, 0) is 11.3 Å². The van der Waals surface area contributed by atoms with E-state index in [4.69, 9.17) is 4.98 Å². The molecule has 1 N–H and O–H groups in total. The lowest BCUT2D eigenvalue weighted by Gasteiger charge is -2.32. The molecule has 1 aliphatic rings. The molecular formula is C23H28N3OS2+. The predicted octanol–water partition coefficient (Wildman–Crippen LogP) is 3.44. The molecule has 0 saturated carbocycles. The van der Waals surface area contributed by atoms with Crippen LogP contribution in [0.3, 0.4) is 0 Å². The standard InChI is InChI=1S/C23H27N3OS2/c1-25(14-17-9-11-19(28-2)12-10-17)16-22(27)26-13-5-6-18(15-26)23-24-20-7-3-4-8-21(20)29-23/h3-4,7-12,18H,5-6,13-16H2,1-2H3/p+1/t18-/m1/s1. The third-order valence-electron chi connectivity index (χ3n) is 5.55. The van der Waals surface area contributed by atoms with Crippen molar-refractivity contribution in [3.05, 3.63) is 59.1 Å². The zero-order valence-electron chi connectivity index (χ0n) is 17.1. The third kappa shape index (κ3) is 5.00. The van der Waals surface area contributed by atoms with E-state index in [0.29, 0.717) is 12.5 Å². The maximum absolute atomic E-state index is 12.9. The van der Waals surface area contributed by atoms with Crippen LogP contribution in [-0.4, -0.2) is 48.7 Å². The van der Waals surface area contributed by atoms with Crippen molar-refractivity contribution in [3.63, 3.8) is 0 Å². The number of carbonyl (C=O) groups is 1. The molecule has 1 aliphatic heterocycles. The number of likely N-dealkylation sites (tertiary alicyclic amines) is 1. The van der Waals surface area contributed by atoms with E-state index in [1.807, 2.05) is 6.07 Å². The lowest BCUT2D eigenvalue weighted by molar-refractivity contribution is -0.885. The molecule has 0 spiro atoms. The Morgan fingerprint density at radius 3 is 2.79 bits per heavy atom. The van der Waals surface area contributed by atoms with Gasteiger partial charge in [-0.2, -0.15) is 0 Å². The average molecular weight is 427 g/mol. The van der Waals surface area contributed by atoms with Crippen LogP contribution < -0.4 is 4.90 Å². The van der Waals surface area contributed by atoms with E-state index in [9.17, 15) is 4.79 Å². The molecule has 2 heterocycles. The summed E-state index contributed by atoms with van der Waals surface area (Å²) >= 11 is 3.53. The summed E-state index contributed by atoms with van der Waals surface area (Å²) in [6.45, 7) is 3.08. The number of quaternary nitrogens is 1. The van der Waals surface area contributed by atoms with Gasteiger partial charge in [0.25, 0.3) is 5.91 Å². The van der Waals surface area contributed by atoms with E-state index in [0.717, 1.165) is 38.0 Å². The zero-order valence-corrected chi connectivity index (χ0v) is 18.7. The maximum atomic E-state index is 12.9. The van der Waals surface area contributed by atoms with Gasteiger partial charge in [0.05, 0.1) is 22.3 Å². The van der Waals surface area contributed by atoms with Gasteiger partial charge in [-0.05, 0) is 43.4 Å². The molecule has 6 heteroatoms. The Morgan fingerprint density at radius 2 is 2.03 bits per heavy atom. The zero-order chi connectivity index (χ0) is 20.2. The van der Waals surface area contributed by atoms with Gasteiger partial charge in [0.2, 0.25) is 0 Å². The number of hydrogen-bond acceptors (Lipinski definition) is 4. The van der Waals surface area contributed by atoms with Gasteiger partial charge in [0, 0.05) is 29.5 Å². The highest BCUT2D eigenvalue weighted by atomic mass is 32.2. The minimum atomic E-state index is 0.258. The second kappa shape index (κ2) is 9.28. The van der Waals surface area contributed by atoms with Crippen LogP contribution in [0.15, 0.2) is 53.4 Å². The van der Waals surface area contributed by atoms with Gasteiger partial charge >= 0.3 is 0 Å². The number of para-hydroxylation sites is 1. The number of benzene rings is 2. The summed E-state index contributed by atoms with van der Waals surface area (Å²) in [5.74, 6) is 0.624. The van der Waals surface area contributed by atoms with Gasteiger partial charge in [-0.25, -0.2) is 4.98 Å². The number of nitrogens with one attached hydrogen (secondary N) is 1. The van der Waals surface area contributed by atoms with Gasteiger partial charge in [-0.15, -0.1) is 23.1 Å². The predicted molar refractivity (Wildman–Crippen MR) is 122 cm³/mol. The lowest BCUT2D eigenvalue weighted by Crippen LogP contribution is -3.08. The fraction of sp³-hybridized carbons (Fsp3) is 0.391. The number of amides is 1. The number of hydrogen-bond donors (Lipinski definition) is 1. The maximum Gasteiger partial charge on any atom is 0.277 e. The summed E-state index contributed by atoms with van der Waals surface area (Å²) in [5, 5.41) is 1.18. The number of piperidine rings is 1. The van der Waals surface area contributed by atoms with Crippen molar-refractivity contribution in [2.45, 2.75) is 30.2 Å². The number of nitrogens with zero attached hydrogens (tertiary/aromatic N) is 2. The highest BCUT2D eigenvalue weighted by molar-refractivity contribution is 7.98. The lowest BCUT2D eigenvalue weighted by atomic mass is 9.98. The number of thiazole rings is 1. The summed E-state index contributed by atoms with van der Waals surface area (Å²) in [6.07, 6.45) is 4.26. The van der Waals surface area contributed by atoms with Gasteiger partial charge in [0.1, 0.15) is 6.54 Å². The van der Waals surface area contributed by atoms with Crippen LogP contribution in [0.25, 0.3) is 10.2 Å². The molecule has 2 atom stereocenters. The molecule has 4 nitrogen and oxygen atoms in total. The van der Waals surface area contributed by atoms with Crippen molar-refractivity contribution in [3.8, 4) is 0 Å². The summed E-state index contributed by atoms with van der Waals surface area (Å²) in [5.41, 5.74) is 2.35. The first kappa shape index (κ1) is 20.4. The third-order valence-corrected chi connectivity index (χ3v) is 7.49. The van der Waals surface area contributed by atoms with Crippen molar-refractivity contribution in [1.82, 2.24) is 9.88 Å². The van der Waals surface area contributed by atoms with Crippen LogP contribution >= 0.6 is 23.1 Å². The highest BCUT2D eigenvalue weighted by Gasteiger charge is 2.28. The summed E-state index contributed by atoms with van der Waals surface area (Å²) in [4.78, 5) is 22.3. The minimum Gasteiger partial charge on any atom is -0.337 e. The molecule has 1 amide bonds. The van der Waals surface area contributed by atoms with Crippen molar-refractivity contribution in [2.24, 2.45) is 0 Å². The number of thioether (sulfide) groups is 1. The number of likely N-dealkylation sites (N-methyl/N-ethyl adjacent to an activating group) is 1. The fourth-order valence-corrected chi connectivity index (χ4v) is 5.50. The van der Waals surface area contributed by atoms with E-state index in [1.165, 1.54) is 25.1 Å². The van der Waals surface area contributed by atoms with Crippen LogP contribution in [0, 0.1) is 0 Å². The number of carbonyl (C=O) groups excluding carboxylic acids is 1. The Kier molecular flexibility index (Phi) is 6.53. The van der Waals surface area contributed by atoms with Gasteiger partial charge in [0.15, 0.2) is 6.54 Å². The first-order valence-corrected chi connectivity index (χ1v) is 12.2. The molecule has 0 radical (unpaired) electrons. The SMILES string of the molecule is CSc1ccc(C[NH+](C)CC(=O)N2CCC[C@@H](c3nc4ccccc4s3)C2)cc1. The largest absolute Gasteiger partial charge is 0.337 e. The molecule has 2 aromatic carbocycles. The Balaban J connectivity index is 1.35. The monoisotopic (exact) mass is 426 g/mol. The van der Waals surface area contributed by atoms with E-state index >= 15 is 0 Å². The molecule has 152 valence electrons. The number of rotatable bonds is 6. The Hall–Kier alpha value is -1.89. The van der Waals surface area contributed by atoms with Crippen molar-refractivity contribution < 1.29 is 9.69 Å². The summed E-state index contributed by atoms with van der Waals surface area (Å²) in [7, 11) is 2.11. The second-order valence-electron chi connectivity index (χ2n) is 7.86. The smallest absolute Gasteiger partial charge is 0.277 e. The molecule has 29 heavy (non-hydrogen) atoms. The molecule has 0 aliphatic carbocycles. The molecular weight excluding hydrogens is 398 g/mol. The van der Waals surface area contributed by atoms with Crippen molar-refractivity contribution in [2.75, 3.05) is 32.9 Å². The normalized spacial score (nSPS) is 18.1. The molecule has 1 fully saturated rings. The van der Waals surface area contributed by atoms with E-state index in [2.05, 4.69) is 60.7 Å². The minimum absolute atomic E-state index is 0.258. The Morgan fingerprint density at radius 1 is 1.24 bits per heavy atom. The van der Waals surface area contributed by atoms with Crippen LogP contribution in [0.1, 0.15) is 29.3 Å². The molecule has 3 aromatic rings. The quantitative estimate of drug-likeness (QED) is 0.614. The van der Waals surface area contributed by atoms with Crippen molar-refractivity contribution >= 4 is 39.2 Å². The molecule has 1 saturated heterocycles. The molecule has 1 unspecified atom stereocenters. The Bertz CT molecular complexity index is 937. The van der Waals surface area contributed by atoms with E-state index in [1.54, 1.807) is 23.1 Å². The van der Waals surface area contributed by atoms with Crippen LogP contribution in [0.2, 0.25) is 0 Å². The fourth-order valence-electron chi connectivity index (χ4n) is 3.99. The van der Waals surface area contributed by atoms with Gasteiger partial charge in [-0.3, -0.25) is 4.79 Å². The molecule has 0 bridgehead atoms. The van der Waals surface area contributed by atoms with Gasteiger partial charge < -0.3 is 9.80 Å². The molecule has 1 aromatic heterocycles. The van der Waals surface area contributed by atoms with Crippen LogP contribution in [0.4, 0.5) is 0 Å². The van der Waals surface area contributed by atoms with E-state index < -0.39 is 0 Å². The topological polar surface area (TPSA) is 37.6 Å². The highest BCUT2D eigenvalue weighted by Crippen LogP contribution is 2.32. The van der Waals surface area contributed by atoms with E-state index in [-0.39, 0.29) is 5.91 Å². The summed E-state index contributed by atoms with van der Waals surface area (Å²) in [6, 6.07) is 17.0. The first-order valence-electron chi connectivity index (χ1n) is 10.2. The first-order chi connectivity index (χ1) is 14.1. The van der Waals surface area contributed by atoms with Crippen molar-refractivity contribution in [1.29, 1.82) is 0 Å². The number of aromatic nitrogens is 1. The summed E-state index contributed by atoms with van der Waals surface area (Å²) < 4.78 is 1.24. The molecule has 4 rings (SSSR count). The van der Waals surface area contributed by atoms with Gasteiger partial charge in [-0.1, -0.05) is 24.3 Å². The van der Waals surface area contributed by atoms with Crippen LogP contribution in [0.5, 0.6) is 0 Å². The second-order valence-corrected chi connectivity index (χ2v) is 9.80. The average Bonchev–Trinajstić information content (AvgIpc) is 3.19.